The lowest BCUT2D eigenvalue weighted by Crippen LogP contribution is -2.32. The summed E-state index contributed by atoms with van der Waals surface area (Å²) in [5.41, 5.74) is 3.08. The van der Waals surface area contributed by atoms with E-state index in [2.05, 4.69) is 87.3 Å². The van der Waals surface area contributed by atoms with Crippen molar-refractivity contribution in [3.8, 4) is 0 Å². The molecule has 0 spiro atoms. The van der Waals surface area contributed by atoms with Gasteiger partial charge in [0.05, 0.1) is 0 Å². The molecule has 0 heterocycles. The van der Waals surface area contributed by atoms with E-state index in [0.717, 1.165) is 13.0 Å². The van der Waals surface area contributed by atoms with E-state index in [-0.39, 0.29) is 5.41 Å². The van der Waals surface area contributed by atoms with Gasteiger partial charge in [0.2, 0.25) is 0 Å². The molecular formula is C22H30OSi. The molecule has 2 aliphatic carbocycles. The third-order valence-electron chi connectivity index (χ3n) is 5.41. The summed E-state index contributed by atoms with van der Waals surface area (Å²) >= 11 is 0. The smallest absolute Gasteiger partial charge is 0.183 e. The number of rotatable bonds is 7. The average Bonchev–Trinajstić information content (AvgIpc) is 3.20. The second kappa shape index (κ2) is 6.85. The highest BCUT2D eigenvalue weighted by Crippen LogP contribution is 2.51. The Balaban J connectivity index is 1.78. The fraction of sp³-hybridized carbons (Fsp3) is 0.455. The Morgan fingerprint density at radius 2 is 1.75 bits per heavy atom. The van der Waals surface area contributed by atoms with Crippen LogP contribution in [0.5, 0.6) is 0 Å². The van der Waals surface area contributed by atoms with Crippen molar-refractivity contribution in [2.24, 2.45) is 11.3 Å². The van der Waals surface area contributed by atoms with Gasteiger partial charge < -0.3 is 4.43 Å². The van der Waals surface area contributed by atoms with Crippen LogP contribution in [0.15, 0.2) is 54.6 Å². The van der Waals surface area contributed by atoms with Crippen molar-refractivity contribution in [3.05, 3.63) is 65.8 Å². The lowest BCUT2D eigenvalue weighted by Gasteiger charge is -2.40. The number of hydrogen-bond acceptors (Lipinski definition) is 1. The Kier molecular flexibility index (Phi) is 4.98. The summed E-state index contributed by atoms with van der Waals surface area (Å²) in [5.74, 6) is 0.989. The fourth-order valence-electron chi connectivity index (χ4n) is 4.06. The molecule has 0 bridgehead atoms. The van der Waals surface area contributed by atoms with Crippen molar-refractivity contribution in [1.29, 1.82) is 0 Å². The first-order valence-electron chi connectivity index (χ1n) is 9.16. The van der Waals surface area contributed by atoms with Crippen molar-refractivity contribution < 1.29 is 4.43 Å². The van der Waals surface area contributed by atoms with Crippen molar-refractivity contribution in [1.82, 2.24) is 0 Å². The highest BCUT2D eigenvalue weighted by Gasteiger charge is 2.41. The van der Waals surface area contributed by atoms with E-state index in [4.69, 9.17) is 4.43 Å². The van der Waals surface area contributed by atoms with Crippen LogP contribution in [0.25, 0.3) is 6.08 Å². The van der Waals surface area contributed by atoms with Crippen molar-refractivity contribution in [2.45, 2.75) is 45.3 Å². The molecule has 0 fully saturated rings. The Morgan fingerprint density at radius 1 is 1.04 bits per heavy atom. The molecule has 1 aromatic rings. The summed E-state index contributed by atoms with van der Waals surface area (Å²) in [6, 6.07) is 8.86. The molecule has 0 saturated carbocycles. The minimum Gasteiger partial charge on any atom is -0.418 e. The molecule has 0 saturated heterocycles. The van der Waals surface area contributed by atoms with Crippen LogP contribution in [-0.2, 0) is 4.43 Å². The van der Waals surface area contributed by atoms with Gasteiger partial charge in [-0.05, 0) is 49.0 Å². The van der Waals surface area contributed by atoms with Crippen LogP contribution < -0.4 is 0 Å². The predicted octanol–water partition coefficient (Wildman–Crippen LogP) is 6.18. The van der Waals surface area contributed by atoms with Gasteiger partial charge in [-0.25, -0.2) is 0 Å². The molecule has 0 aliphatic heterocycles. The van der Waals surface area contributed by atoms with Crippen LogP contribution in [0.4, 0.5) is 0 Å². The van der Waals surface area contributed by atoms with Crippen molar-refractivity contribution >= 4 is 14.4 Å². The Hall–Kier alpha value is -1.38. The molecule has 0 aromatic heterocycles. The molecule has 2 aliphatic rings. The van der Waals surface area contributed by atoms with Crippen LogP contribution in [-0.4, -0.2) is 14.9 Å². The summed E-state index contributed by atoms with van der Waals surface area (Å²) in [6.45, 7) is 10.2. The summed E-state index contributed by atoms with van der Waals surface area (Å²) in [6.07, 6.45) is 16.2. The topological polar surface area (TPSA) is 9.23 Å². The van der Waals surface area contributed by atoms with Gasteiger partial charge in [0, 0.05) is 18.4 Å². The molecule has 3 rings (SSSR count). The number of allylic oxidation sites excluding steroid dienone is 5. The summed E-state index contributed by atoms with van der Waals surface area (Å²) in [5, 5.41) is 0. The van der Waals surface area contributed by atoms with Gasteiger partial charge >= 0.3 is 0 Å². The average molecular weight is 339 g/mol. The van der Waals surface area contributed by atoms with Crippen molar-refractivity contribution in [3.63, 3.8) is 0 Å². The highest BCUT2D eigenvalue weighted by molar-refractivity contribution is 6.69. The third-order valence-corrected chi connectivity index (χ3v) is 6.48. The quantitative estimate of drug-likeness (QED) is 0.426. The first-order valence-corrected chi connectivity index (χ1v) is 12.6. The molecular weight excluding hydrogens is 308 g/mol. The van der Waals surface area contributed by atoms with Gasteiger partial charge in [0.25, 0.3) is 0 Å². The second-order valence-corrected chi connectivity index (χ2v) is 12.8. The van der Waals surface area contributed by atoms with Gasteiger partial charge in [-0.1, -0.05) is 67.6 Å². The van der Waals surface area contributed by atoms with E-state index in [9.17, 15) is 0 Å². The minimum atomic E-state index is -1.42. The maximum Gasteiger partial charge on any atom is 0.183 e. The minimum absolute atomic E-state index is 0.204. The normalized spacial score (nSPS) is 22.1. The first-order chi connectivity index (χ1) is 11.4. The molecule has 0 radical (unpaired) electrons. The molecule has 24 heavy (non-hydrogen) atoms. The zero-order valence-electron chi connectivity index (χ0n) is 15.5. The van der Waals surface area contributed by atoms with Gasteiger partial charge in [0.1, 0.15) is 0 Å². The van der Waals surface area contributed by atoms with Crippen LogP contribution in [0.1, 0.15) is 36.8 Å². The lowest BCUT2D eigenvalue weighted by molar-refractivity contribution is 0.187. The van der Waals surface area contributed by atoms with Crippen LogP contribution in [0, 0.1) is 11.3 Å². The molecule has 1 nitrogen and oxygen atoms in total. The monoisotopic (exact) mass is 338 g/mol. The standard InChI is InChI=1S/C22H30OSi/c1-22(19-11-6-7-12-19,16-9-17-23-24(2,3)4)21-15-14-18-10-5-8-13-20(18)21/h5-8,10-15,19,21H,9,16-17H2,1-4H3. The summed E-state index contributed by atoms with van der Waals surface area (Å²) < 4.78 is 6.10. The van der Waals surface area contributed by atoms with Crippen LogP contribution >= 0.6 is 0 Å². The second-order valence-electron chi connectivity index (χ2n) is 8.33. The third kappa shape index (κ3) is 3.65. The summed E-state index contributed by atoms with van der Waals surface area (Å²) in [4.78, 5) is 0. The van der Waals surface area contributed by atoms with Gasteiger partial charge in [-0.2, -0.15) is 0 Å². The van der Waals surface area contributed by atoms with E-state index in [0.29, 0.717) is 11.8 Å². The van der Waals surface area contributed by atoms with E-state index in [1.54, 1.807) is 0 Å². The Bertz CT molecular complexity index is 653. The zero-order chi connectivity index (χ0) is 17.2. The van der Waals surface area contributed by atoms with Gasteiger partial charge in [-0.15, -0.1) is 0 Å². The number of fused-ring (bicyclic) bond motifs is 1. The van der Waals surface area contributed by atoms with Crippen LogP contribution in [0.2, 0.25) is 19.6 Å². The maximum absolute atomic E-state index is 6.10. The van der Waals surface area contributed by atoms with E-state index >= 15 is 0 Å². The highest BCUT2D eigenvalue weighted by atomic mass is 28.4. The van der Waals surface area contributed by atoms with Gasteiger partial charge in [-0.3, -0.25) is 0 Å². The van der Waals surface area contributed by atoms with Gasteiger partial charge in [0.15, 0.2) is 8.32 Å². The maximum atomic E-state index is 6.10. The van der Waals surface area contributed by atoms with E-state index < -0.39 is 8.32 Å². The number of benzene rings is 1. The van der Waals surface area contributed by atoms with E-state index in [1.807, 2.05) is 0 Å². The van der Waals surface area contributed by atoms with Crippen LogP contribution in [0.3, 0.4) is 0 Å². The molecule has 2 atom stereocenters. The van der Waals surface area contributed by atoms with Crippen molar-refractivity contribution in [2.75, 3.05) is 6.61 Å². The molecule has 1 aromatic carbocycles. The fourth-order valence-corrected chi connectivity index (χ4v) is 4.81. The largest absolute Gasteiger partial charge is 0.418 e. The molecule has 2 unspecified atom stereocenters. The first kappa shape index (κ1) is 17.4. The van der Waals surface area contributed by atoms with E-state index in [1.165, 1.54) is 17.5 Å². The number of hydrogen-bond donors (Lipinski definition) is 0. The molecule has 128 valence electrons. The molecule has 2 heteroatoms. The Labute approximate surface area is 148 Å². The molecule has 0 N–H and O–H groups in total. The Morgan fingerprint density at radius 3 is 2.46 bits per heavy atom. The zero-order valence-corrected chi connectivity index (χ0v) is 16.5. The molecule has 0 amide bonds. The lowest BCUT2D eigenvalue weighted by atomic mass is 9.64. The SMILES string of the molecule is CC(CCCO[Si](C)(C)C)(C1C=CC=C1)C1C=Cc2ccccc21. The summed E-state index contributed by atoms with van der Waals surface area (Å²) in [7, 11) is -1.42. The predicted molar refractivity (Wildman–Crippen MR) is 107 cm³/mol.